The van der Waals surface area contributed by atoms with E-state index in [0.717, 1.165) is 45.0 Å². The van der Waals surface area contributed by atoms with Gasteiger partial charge in [0, 0.05) is 52.6 Å². The standard InChI is InChI=1S/C31H24FN3O/c32-29-19-23(14-18-35-29)21-31(20-22-12-16-33-17-13-22)25-8-3-4-11-28(25)36-30-24(7-6-9-26(30)31)27-10-2-1-5-15-34-27/h1-19,34H,20-21H2. The molecule has 4 nitrogen and oxygen atoms in total. The summed E-state index contributed by atoms with van der Waals surface area (Å²) in [6.07, 6.45) is 16.3. The molecule has 2 aliphatic heterocycles. The minimum Gasteiger partial charge on any atom is -0.456 e. The molecule has 0 radical (unpaired) electrons. The number of aromatic nitrogens is 2. The van der Waals surface area contributed by atoms with E-state index in [0.29, 0.717) is 12.8 Å². The van der Waals surface area contributed by atoms with Crippen molar-refractivity contribution < 1.29 is 9.13 Å². The lowest BCUT2D eigenvalue weighted by atomic mass is 9.65. The topological polar surface area (TPSA) is 47.0 Å². The summed E-state index contributed by atoms with van der Waals surface area (Å²) in [6.45, 7) is 0. The number of benzene rings is 2. The van der Waals surface area contributed by atoms with Crippen molar-refractivity contribution in [1.29, 1.82) is 0 Å². The van der Waals surface area contributed by atoms with Crippen LogP contribution in [0.5, 0.6) is 11.5 Å². The molecular formula is C31H24FN3O. The van der Waals surface area contributed by atoms with Crippen molar-refractivity contribution in [3.63, 3.8) is 0 Å². The lowest BCUT2D eigenvalue weighted by Crippen LogP contribution is -2.36. The van der Waals surface area contributed by atoms with Gasteiger partial charge in [0.15, 0.2) is 0 Å². The number of para-hydroxylation sites is 2. The summed E-state index contributed by atoms with van der Waals surface area (Å²) in [6, 6.07) is 21.9. The molecule has 1 atom stereocenters. The molecule has 2 aliphatic rings. The van der Waals surface area contributed by atoms with E-state index in [1.807, 2.05) is 79.3 Å². The maximum absolute atomic E-state index is 14.2. The predicted octanol–water partition coefficient (Wildman–Crippen LogP) is 6.51. The predicted molar refractivity (Wildman–Crippen MR) is 139 cm³/mol. The van der Waals surface area contributed by atoms with Gasteiger partial charge in [-0.05, 0) is 72.5 Å². The number of hydrogen-bond acceptors (Lipinski definition) is 4. The summed E-state index contributed by atoms with van der Waals surface area (Å²) in [4.78, 5) is 8.00. The fraction of sp³-hybridized carbons (Fsp3) is 0.0968. The second-order valence-electron chi connectivity index (χ2n) is 9.03. The van der Waals surface area contributed by atoms with Crippen LogP contribution in [0.15, 0.2) is 116 Å². The third-order valence-electron chi connectivity index (χ3n) is 6.81. The first-order valence-electron chi connectivity index (χ1n) is 11.9. The molecule has 6 rings (SSSR count). The van der Waals surface area contributed by atoms with E-state index in [4.69, 9.17) is 4.74 Å². The Morgan fingerprint density at radius 1 is 0.806 bits per heavy atom. The molecule has 0 spiro atoms. The Bertz CT molecular complexity index is 1510. The van der Waals surface area contributed by atoms with E-state index in [9.17, 15) is 4.39 Å². The summed E-state index contributed by atoms with van der Waals surface area (Å²) in [5.74, 6) is 1.14. The Hall–Kier alpha value is -4.51. The summed E-state index contributed by atoms with van der Waals surface area (Å²) >= 11 is 0. The molecule has 2 aromatic heterocycles. The van der Waals surface area contributed by atoms with Crippen LogP contribution in [-0.4, -0.2) is 9.97 Å². The monoisotopic (exact) mass is 473 g/mol. The zero-order valence-corrected chi connectivity index (χ0v) is 19.6. The highest BCUT2D eigenvalue weighted by Gasteiger charge is 2.43. The van der Waals surface area contributed by atoms with E-state index in [1.54, 1.807) is 0 Å². The average molecular weight is 474 g/mol. The van der Waals surface area contributed by atoms with Crippen LogP contribution in [0.4, 0.5) is 4.39 Å². The van der Waals surface area contributed by atoms with Gasteiger partial charge in [-0.1, -0.05) is 42.5 Å². The zero-order valence-electron chi connectivity index (χ0n) is 19.6. The maximum atomic E-state index is 14.2. The van der Waals surface area contributed by atoms with Gasteiger partial charge in [-0.3, -0.25) is 4.98 Å². The van der Waals surface area contributed by atoms with E-state index >= 15 is 0 Å². The fourth-order valence-electron chi connectivity index (χ4n) is 5.26. The highest BCUT2D eigenvalue weighted by Crippen LogP contribution is 2.53. The Balaban J connectivity index is 1.61. The van der Waals surface area contributed by atoms with Gasteiger partial charge in [-0.2, -0.15) is 4.39 Å². The van der Waals surface area contributed by atoms with Gasteiger partial charge in [0.25, 0.3) is 0 Å². The average Bonchev–Trinajstić information content (AvgIpc) is 3.19. The molecule has 4 aromatic rings. The molecule has 0 amide bonds. The first kappa shape index (κ1) is 22.0. The smallest absolute Gasteiger partial charge is 0.213 e. The second kappa shape index (κ2) is 9.27. The van der Waals surface area contributed by atoms with Crippen molar-refractivity contribution in [2.45, 2.75) is 18.3 Å². The molecule has 4 heterocycles. The summed E-state index contributed by atoms with van der Waals surface area (Å²) < 4.78 is 20.9. The molecule has 0 fully saturated rings. The molecule has 0 saturated carbocycles. The number of fused-ring (bicyclic) bond motifs is 2. The van der Waals surface area contributed by atoms with Crippen LogP contribution < -0.4 is 10.1 Å². The van der Waals surface area contributed by atoms with Gasteiger partial charge in [0.2, 0.25) is 5.95 Å². The van der Waals surface area contributed by atoms with Crippen LogP contribution in [0.1, 0.15) is 27.8 Å². The van der Waals surface area contributed by atoms with Crippen molar-refractivity contribution in [3.8, 4) is 11.5 Å². The molecule has 2 aromatic carbocycles. The quantitative estimate of drug-likeness (QED) is 0.336. The lowest BCUT2D eigenvalue weighted by Gasteiger charge is -2.41. The third kappa shape index (κ3) is 3.99. The van der Waals surface area contributed by atoms with Gasteiger partial charge >= 0.3 is 0 Å². The zero-order chi connectivity index (χ0) is 24.4. The highest BCUT2D eigenvalue weighted by atomic mass is 19.1. The number of nitrogens with one attached hydrogen (secondary N) is 1. The van der Waals surface area contributed by atoms with Crippen molar-refractivity contribution >= 4 is 5.70 Å². The largest absolute Gasteiger partial charge is 0.456 e. The van der Waals surface area contributed by atoms with Crippen LogP contribution in [0.2, 0.25) is 0 Å². The van der Waals surface area contributed by atoms with E-state index in [2.05, 4.69) is 39.6 Å². The lowest BCUT2D eigenvalue weighted by molar-refractivity contribution is 0.384. The van der Waals surface area contributed by atoms with Crippen LogP contribution in [0.25, 0.3) is 5.70 Å². The number of pyridine rings is 2. The minimum absolute atomic E-state index is 0.479. The van der Waals surface area contributed by atoms with Crippen molar-refractivity contribution in [1.82, 2.24) is 15.3 Å². The van der Waals surface area contributed by atoms with Crippen LogP contribution in [-0.2, 0) is 18.3 Å². The van der Waals surface area contributed by atoms with Gasteiger partial charge < -0.3 is 10.1 Å². The Kier molecular flexibility index (Phi) is 5.66. The molecule has 1 unspecified atom stereocenters. The Morgan fingerprint density at radius 2 is 1.61 bits per heavy atom. The molecular weight excluding hydrogens is 449 g/mol. The molecule has 0 saturated heterocycles. The number of allylic oxidation sites excluding steroid dienone is 4. The summed E-state index contributed by atoms with van der Waals surface area (Å²) in [7, 11) is 0. The summed E-state index contributed by atoms with van der Waals surface area (Å²) in [5.41, 5.74) is 5.57. The fourth-order valence-corrected chi connectivity index (χ4v) is 5.26. The van der Waals surface area contributed by atoms with Crippen LogP contribution in [0, 0.1) is 5.95 Å². The molecule has 176 valence electrons. The van der Waals surface area contributed by atoms with E-state index < -0.39 is 11.4 Å². The SMILES string of the molecule is Fc1cc(CC2(Cc3ccncc3)c3ccccc3Oc3c(C4=CC=CC=CN4)cccc32)ccn1. The van der Waals surface area contributed by atoms with Crippen LogP contribution in [0.3, 0.4) is 0 Å². The highest BCUT2D eigenvalue weighted by molar-refractivity contribution is 5.76. The number of ether oxygens (including phenoxy) is 1. The van der Waals surface area contributed by atoms with Crippen LogP contribution >= 0.6 is 0 Å². The van der Waals surface area contributed by atoms with Crippen molar-refractivity contribution in [2.75, 3.05) is 0 Å². The Morgan fingerprint density at radius 3 is 2.50 bits per heavy atom. The third-order valence-corrected chi connectivity index (χ3v) is 6.81. The first-order valence-corrected chi connectivity index (χ1v) is 11.9. The molecule has 1 N–H and O–H groups in total. The number of rotatable bonds is 5. The molecule has 5 heteroatoms. The minimum atomic E-state index is -0.508. The second-order valence-corrected chi connectivity index (χ2v) is 9.03. The first-order chi connectivity index (χ1) is 17.7. The van der Waals surface area contributed by atoms with Gasteiger partial charge in [-0.15, -0.1) is 0 Å². The molecule has 0 bridgehead atoms. The normalized spacial score (nSPS) is 17.8. The number of hydrogen-bond donors (Lipinski definition) is 1. The summed E-state index contributed by atoms with van der Waals surface area (Å²) in [5, 5.41) is 3.38. The number of halogens is 1. The number of nitrogens with zero attached hydrogens (tertiary/aromatic N) is 2. The van der Waals surface area contributed by atoms with E-state index in [1.165, 1.54) is 12.3 Å². The maximum Gasteiger partial charge on any atom is 0.213 e. The van der Waals surface area contributed by atoms with Crippen molar-refractivity contribution in [2.24, 2.45) is 0 Å². The molecule has 0 aliphatic carbocycles. The van der Waals surface area contributed by atoms with Gasteiger partial charge in [0.05, 0.1) is 0 Å². The van der Waals surface area contributed by atoms with Gasteiger partial charge in [0.1, 0.15) is 11.5 Å². The van der Waals surface area contributed by atoms with Crippen molar-refractivity contribution in [3.05, 3.63) is 150 Å². The molecule has 36 heavy (non-hydrogen) atoms. The Labute approximate surface area is 209 Å². The van der Waals surface area contributed by atoms with Gasteiger partial charge in [-0.25, -0.2) is 4.98 Å². The van der Waals surface area contributed by atoms with E-state index in [-0.39, 0.29) is 0 Å².